The van der Waals surface area contributed by atoms with E-state index in [1.807, 2.05) is 24.3 Å². The molecule has 3 N–H and O–H groups in total. The van der Waals surface area contributed by atoms with Gasteiger partial charge in [-0.3, -0.25) is 9.79 Å². The zero-order valence-electron chi connectivity index (χ0n) is 15.2. The summed E-state index contributed by atoms with van der Waals surface area (Å²) >= 11 is 0. The van der Waals surface area contributed by atoms with Gasteiger partial charge in [0, 0.05) is 13.6 Å². The van der Waals surface area contributed by atoms with Crippen molar-refractivity contribution in [2.24, 2.45) is 4.99 Å². The van der Waals surface area contributed by atoms with Crippen LogP contribution in [0.25, 0.3) is 0 Å². The van der Waals surface area contributed by atoms with Crippen molar-refractivity contribution >= 4 is 35.8 Å². The fourth-order valence-electron chi connectivity index (χ4n) is 3.33. The molecular weight excluding hydrogens is 447 g/mol. The van der Waals surface area contributed by atoms with Crippen molar-refractivity contribution < 1.29 is 14.3 Å². The Labute approximate surface area is 171 Å². The lowest BCUT2D eigenvalue weighted by Crippen LogP contribution is -2.49. The molecule has 8 heteroatoms. The predicted molar refractivity (Wildman–Crippen MR) is 111 cm³/mol. The summed E-state index contributed by atoms with van der Waals surface area (Å²) in [6, 6.07) is 7.91. The number of carbonyl (C=O) groups is 1. The van der Waals surface area contributed by atoms with Crippen LogP contribution in [0.1, 0.15) is 24.8 Å². The molecule has 0 radical (unpaired) electrons. The third-order valence-electron chi connectivity index (χ3n) is 4.72. The van der Waals surface area contributed by atoms with Crippen molar-refractivity contribution in [1.29, 1.82) is 0 Å². The Bertz CT molecular complexity index is 623. The highest BCUT2D eigenvalue weighted by Gasteiger charge is 2.41. The van der Waals surface area contributed by atoms with Gasteiger partial charge < -0.3 is 25.4 Å². The Morgan fingerprint density at radius 2 is 2.04 bits per heavy atom. The van der Waals surface area contributed by atoms with Crippen LogP contribution in [0.5, 0.6) is 5.75 Å². The van der Waals surface area contributed by atoms with Crippen LogP contribution in [0, 0.1) is 0 Å². The number of fused-ring (bicyclic) bond motifs is 2. The quantitative estimate of drug-likeness (QED) is 0.330. The second-order valence-electron chi connectivity index (χ2n) is 6.41. The molecule has 2 aliphatic heterocycles. The van der Waals surface area contributed by atoms with E-state index in [4.69, 9.17) is 9.47 Å². The minimum Gasteiger partial charge on any atom is -0.497 e. The van der Waals surface area contributed by atoms with E-state index in [9.17, 15) is 4.79 Å². The van der Waals surface area contributed by atoms with Crippen LogP contribution in [0.4, 0.5) is 0 Å². The molecule has 26 heavy (non-hydrogen) atoms. The van der Waals surface area contributed by atoms with E-state index < -0.39 is 0 Å². The number of halogens is 1. The summed E-state index contributed by atoms with van der Waals surface area (Å²) < 4.78 is 10.9. The number of ether oxygens (including phenoxy) is 2. The number of amides is 1. The van der Waals surface area contributed by atoms with E-state index in [-0.39, 0.29) is 48.6 Å². The van der Waals surface area contributed by atoms with Crippen molar-refractivity contribution in [3.8, 4) is 5.75 Å². The normalized spacial score (nSPS) is 23.9. The molecule has 0 saturated carbocycles. The zero-order valence-corrected chi connectivity index (χ0v) is 17.5. The Morgan fingerprint density at radius 1 is 1.27 bits per heavy atom. The Hall–Kier alpha value is -1.55. The molecule has 7 nitrogen and oxygen atoms in total. The minimum atomic E-state index is -0.0806. The number of carbonyl (C=O) groups excluding carboxylic acids is 1. The average Bonchev–Trinajstić information content (AvgIpc) is 3.26. The van der Waals surface area contributed by atoms with E-state index >= 15 is 0 Å². The molecule has 2 saturated heterocycles. The summed E-state index contributed by atoms with van der Waals surface area (Å²) in [6.07, 6.45) is 3.92. The molecule has 1 amide bonds. The SMILES string of the molecule is CN=C(NCC(=O)NCc1ccc(OC)cc1)NC1CC2CCC1O2.I. The Balaban J connectivity index is 0.00000243. The van der Waals surface area contributed by atoms with Gasteiger partial charge in [-0.1, -0.05) is 12.1 Å². The molecule has 2 bridgehead atoms. The Kier molecular flexibility index (Phi) is 7.95. The molecule has 0 spiro atoms. The summed E-state index contributed by atoms with van der Waals surface area (Å²) in [5, 5.41) is 9.31. The van der Waals surface area contributed by atoms with Gasteiger partial charge in [0.25, 0.3) is 0 Å². The number of rotatable bonds is 6. The third-order valence-corrected chi connectivity index (χ3v) is 4.72. The smallest absolute Gasteiger partial charge is 0.239 e. The molecular formula is C18H27IN4O3. The summed E-state index contributed by atoms with van der Waals surface area (Å²) in [6.45, 7) is 0.661. The largest absolute Gasteiger partial charge is 0.497 e. The monoisotopic (exact) mass is 474 g/mol. The number of aliphatic imine (C=N–C) groups is 1. The second-order valence-corrected chi connectivity index (χ2v) is 6.41. The van der Waals surface area contributed by atoms with Gasteiger partial charge in [0.2, 0.25) is 5.91 Å². The van der Waals surface area contributed by atoms with E-state index in [0.29, 0.717) is 18.6 Å². The summed E-state index contributed by atoms with van der Waals surface area (Å²) in [4.78, 5) is 16.2. The van der Waals surface area contributed by atoms with Gasteiger partial charge in [-0.25, -0.2) is 0 Å². The van der Waals surface area contributed by atoms with Gasteiger partial charge in [-0.15, -0.1) is 24.0 Å². The van der Waals surface area contributed by atoms with Gasteiger partial charge in [0.15, 0.2) is 5.96 Å². The lowest BCUT2D eigenvalue weighted by atomic mass is 9.96. The fourth-order valence-corrected chi connectivity index (χ4v) is 3.33. The third kappa shape index (κ3) is 5.47. The molecule has 144 valence electrons. The molecule has 3 rings (SSSR count). The first-order valence-corrected chi connectivity index (χ1v) is 8.70. The van der Waals surface area contributed by atoms with Crippen molar-refractivity contribution in [1.82, 2.24) is 16.0 Å². The molecule has 3 atom stereocenters. The van der Waals surface area contributed by atoms with E-state index in [1.165, 1.54) is 0 Å². The molecule has 2 aliphatic rings. The number of nitrogens with one attached hydrogen (secondary N) is 3. The van der Waals surface area contributed by atoms with Crippen LogP contribution in [0.15, 0.2) is 29.3 Å². The fraction of sp³-hybridized carbons (Fsp3) is 0.556. The number of benzene rings is 1. The van der Waals surface area contributed by atoms with E-state index in [0.717, 1.165) is 30.6 Å². The van der Waals surface area contributed by atoms with E-state index in [1.54, 1.807) is 14.2 Å². The van der Waals surface area contributed by atoms with Gasteiger partial charge in [-0.2, -0.15) is 0 Å². The van der Waals surface area contributed by atoms with Crippen LogP contribution >= 0.6 is 24.0 Å². The number of nitrogens with zero attached hydrogens (tertiary/aromatic N) is 1. The van der Waals surface area contributed by atoms with Crippen molar-refractivity contribution in [3.63, 3.8) is 0 Å². The van der Waals surface area contributed by atoms with Gasteiger partial charge in [0.1, 0.15) is 5.75 Å². The summed E-state index contributed by atoms with van der Waals surface area (Å²) in [5.74, 6) is 1.36. The number of hydrogen-bond donors (Lipinski definition) is 3. The van der Waals surface area contributed by atoms with Crippen LogP contribution in [0.3, 0.4) is 0 Å². The van der Waals surface area contributed by atoms with E-state index in [2.05, 4.69) is 20.9 Å². The first kappa shape index (κ1) is 20.8. The predicted octanol–water partition coefficient (Wildman–Crippen LogP) is 1.41. The molecule has 2 heterocycles. The molecule has 0 aromatic heterocycles. The molecule has 2 fully saturated rings. The molecule has 1 aromatic carbocycles. The average molecular weight is 474 g/mol. The van der Waals surface area contributed by atoms with Crippen LogP contribution in [0.2, 0.25) is 0 Å². The maximum absolute atomic E-state index is 12.0. The standard InChI is InChI=1S/C18H26N4O3.HI/c1-19-18(22-15-9-14-7-8-16(15)25-14)21-11-17(23)20-10-12-3-5-13(24-2)6-4-12;/h3-6,14-16H,7-11H2,1-2H3,(H,20,23)(H2,19,21,22);1H. The summed E-state index contributed by atoms with van der Waals surface area (Å²) in [7, 11) is 3.34. The van der Waals surface area contributed by atoms with Gasteiger partial charge in [0.05, 0.1) is 31.9 Å². The van der Waals surface area contributed by atoms with Gasteiger partial charge in [-0.05, 0) is 37.0 Å². The number of methoxy groups -OCH3 is 1. The van der Waals surface area contributed by atoms with Crippen molar-refractivity contribution in [2.45, 2.75) is 44.1 Å². The summed E-state index contributed by atoms with van der Waals surface area (Å²) in [5.41, 5.74) is 1.02. The first-order valence-electron chi connectivity index (χ1n) is 8.70. The van der Waals surface area contributed by atoms with Gasteiger partial charge >= 0.3 is 0 Å². The number of hydrogen-bond acceptors (Lipinski definition) is 4. The topological polar surface area (TPSA) is 84.0 Å². The minimum absolute atomic E-state index is 0. The maximum Gasteiger partial charge on any atom is 0.239 e. The second kappa shape index (κ2) is 9.96. The highest BCUT2D eigenvalue weighted by atomic mass is 127. The zero-order chi connectivity index (χ0) is 17.6. The first-order chi connectivity index (χ1) is 12.2. The van der Waals surface area contributed by atoms with Crippen LogP contribution in [-0.4, -0.2) is 50.8 Å². The lowest BCUT2D eigenvalue weighted by molar-refractivity contribution is -0.120. The lowest BCUT2D eigenvalue weighted by Gasteiger charge is -2.22. The number of guanidine groups is 1. The highest BCUT2D eigenvalue weighted by molar-refractivity contribution is 14.0. The molecule has 3 unspecified atom stereocenters. The van der Waals surface area contributed by atoms with Crippen LogP contribution in [-0.2, 0) is 16.1 Å². The Morgan fingerprint density at radius 3 is 2.62 bits per heavy atom. The van der Waals surface area contributed by atoms with Crippen molar-refractivity contribution in [2.75, 3.05) is 20.7 Å². The van der Waals surface area contributed by atoms with Crippen molar-refractivity contribution in [3.05, 3.63) is 29.8 Å². The molecule has 1 aromatic rings. The van der Waals surface area contributed by atoms with Crippen LogP contribution < -0.4 is 20.7 Å². The maximum atomic E-state index is 12.0. The highest BCUT2D eigenvalue weighted by Crippen LogP contribution is 2.34. The molecule has 0 aliphatic carbocycles.